The first-order valence-corrected chi connectivity index (χ1v) is 8.75. The topological polar surface area (TPSA) is 77.2 Å². The fraction of sp³-hybridized carbons (Fsp3) is 0.0455. The van der Waals surface area contributed by atoms with Gasteiger partial charge in [0.15, 0.2) is 6.61 Å². The van der Waals surface area contributed by atoms with Crippen molar-refractivity contribution in [3.63, 3.8) is 0 Å². The van der Waals surface area contributed by atoms with E-state index in [0.29, 0.717) is 28.8 Å². The van der Waals surface area contributed by atoms with Crippen molar-refractivity contribution in [1.82, 2.24) is 10.2 Å². The van der Waals surface area contributed by atoms with Gasteiger partial charge in [-0.05, 0) is 36.4 Å². The first-order chi connectivity index (χ1) is 13.8. The van der Waals surface area contributed by atoms with Gasteiger partial charge in [0.05, 0.1) is 5.56 Å². The molecule has 0 saturated heterocycles. The second kappa shape index (κ2) is 8.18. The molecule has 138 valence electrons. The van der Waals surface area contributed by atoms with Crippen molar-refractivity contribution in [3.05, 3.63) is 96.4 Å². The van der Waals surface area contributed by atoms with E-state index in [1.165, 1.54) is 0 Å². The third-order valence-corrected chi connectivity index (χ3v) is 4.00. The zero-order valence-corrected chi connectivity index (χ0v) is 14.9. The summed E-state index contributed by atoms with van der Waals surface area (Å²) in [6.07, 6.45) is 0. The largest absolute Gasteiger partial charge is 0.483 e. The fourth-order valence-electron chi connectivity index (χ4n) is 2.65. The summed E-state index contributed by atoms with van der Waals surface area (Å²) in [6.45, 7) is 0.0649. The molecule has 4 aromatic rings. The number of ether oxygens (including phenoxy) is 1. The highest BCUT2D eigenvalue weighted by Crippen LogP contribution is 2.22. The van der Waals surface area contributed by atoms with E-state index in [4.69, 9.17) is 9.15 Å². The Bertz CT molecular complexity index is 1060. The molecule has 3 aromatic carbocycles. The van der Waals surface area contributed by atoms with Crippen molar-refractivity contribution in [2.24, 2.45) is 0 Å². The third kappa shape index (κ3) is 4.07. The van der Waals surface area contributed by atoms with Gasteiger partial charge in [-0.2, -0.15) is 0 Å². The lowest BCUT2D eigenvalue weighted by Crippen LogP contribution is -2.13. The molecule has 1 N–H and O–H groups in total. The number of benzene rings is 3. The standard InChI is InChI=1S/C22H17N3O3/c26-21(23-17-11-5-2-6-12-17)18-13-7-8-14-19(18)27-15-20-24-25-22(28-20)16-9-3-1-4-10-16/h1-14H,15H2,(H,23,26). The van der Waals surface area contributed by atoms with Crippen LogP contribution in [0.15, 0.2) is 89.3 Å². The molecule has 6 heteroatoms. The van der Waals surface area contributed by atoms with Crippen LogP contribution in [-0.2, 0) is 6.61 Å². The molecule has 0 atom stereocenters. The van der Waals surface area contributed by atoms with Crippen molar-refractivity contribution < 1.29 is 13.9 Å². The molecule has 0 spiro atoms. The van der Waals surface area contributed by atoms with Crippen LogP contribution < -0.4 is 10.1 Å². The summed E-state index contributed by atoms with van der Waals surface area (Å²) in [5, 5.41) is 10.9. The molecule has 0 fully saturated rings. The molecular weight excluding hydrogens is 354 g/mol. The zero-order chi connectivity index (χ0) is 19.2. The van der Waals surface area contributed by atoms with Crippen LogP contribution in [-0.4, -0.2) is 16.1 Å². The zero-order valence-electron chi connectivity index (χ0n) is 14.9. The van der Waals surface area contributed by atoms with Crippen molar-refractivity contribution >= 4 is 11.6 Å². The molecular formula is C22H17N3O3. The highest BCUT2D eigenvalue weighted by molar-refractivity contribution is 6.06. The maximum atomic E-state index is 12.6. The number of amides is 1. The number of nitrogens with zero attached hydrogens (tertiary/aromatic N) is 2. The Balaban J connectivity index is 1.46. The van der Waals surface area contributed by atoms with Gasteiger partial charge in [0, 0.05) is 11.3 Å². The van der Waals surface area contributed by atoms with Crippen LogP contribution in [0.1, 0.15) is 16.2 Å². The number of hydrogen-bond donors (Lipinski definition) is 1. The van der Waals surface area contributed by atoms with Gasteiger partial charge >= 0.3 is 0 Å². The average Bonchev–Trinajstić information content (AvgIpc) is 3.23. The molecule has 6 nitrogen and oxygen atoms in total. The van der Waals surface area contributed by atoms with Gasteiger partial charge in [0.2, 0.25) is 5.89 Å². The highest BCUT2D eigenvalue weighted by atomic mass is 16.5. The van der Waals surface area contributed by atoms with Gasteiger partial charge in [-0.3, -0.25) is 4.79 Å². The Morgan fingerprint density at radius 1 is 0.857 bits per heavy atom. The lowest BCUT2D eigenvalue weighted by atomic mass is 10.2. The third-order valence-electron chi connectivity index (χ3n) is 4.00. The van der Waals surface area contributed by atoms with Gasteiger partial charge in [0.25, 0.3) is 11.8 Å². The number of para-hydroxylation sites is 2. The Morgan fingerprint density at radius 2 is 1.54 bits per heavy atom. The molecule has 0 aliphatic carbocycles. The molecule has 1 heterocycles. The summed E-state index contributed by atoms with van der Waals surface area (Å²) < 4.78 is 11.4. The second-order valence-corrected chi connectivity index (χ2v) is 5.97. The van der Waals surface area contributed by atoms with Crippen LogP contribution in [0.2, 0.25) is 0 Å². The first-order valence-electron chi connectivity index (χ1n) is 8.75. The molecule has 28 heavy (non-hydrogen) atoms. The molecule has 0 aliphatic heterocycles. The fourth-order valence-corrected chi connectivity index (χ4v) is 2.65. The molecule has 0 saturated carbocycles. The van der Waals surface area contributed by atoms with Gasteiger partial charge in [-0.15, -0.1) is 10.2 Å². The van der Waals surface area contributed by atoms with E-state index in [2.05, 4.69) is 15.5 Å². The number of aromatic nitrogens is 2. The van der Waals surface area contributed by atoms with Gasteiger partial charge in [-0.25, -0.2) is 0 Å². The number of anilines is 1. The predicted molar refractivity (Wildman–Crippen MR) is 105 cm³/mol. The number of hydrogen-bond acceptors (Lipinski definition) is 5. The Labute approximate surface area is 161 Å². The van der Waals surface area contributed by atoms with Crippen LogP contribution in [0.3, 0.4) is 0 Å². The molecule has 4 rings (SSSR count). The quantitative estimate of drug-likeness (QED) is 0.537. The van der Waals surface area contributed by atoms with Crippen molar-refractivity contribution in [2.45, 2.75) is 6.61 Å². The highest BCUT2D eigenvalue weighted by Gasteiger charge is 2.14. The number of carbonyl (C=O) groups excluding carboxylic acids is 1. The lowest BCUT2D eigenvalue weighted by molar-refractivity contribution is 0.102. The molecule has 0 aliphatic rings. The van der Waals surface area contributed by atoms with Crippen LogP contribution in [0.4, 0.5) is 5.69 Å². The van der Waals surface area contributed by atoms with E-state index in [0.717, 1.165) is 5.56 Å². The average molecular weight is 371 g/mol. The first kappa shape index (κ1) is 17.5. The minimum atomic E-state index is -0.252. The summed E-state index contributed by atoms with van der Waals surface area (Å²) in [6, 6.07) is 25.8. The summed E-state index contributed by atoms with van der Waals surface area (Å²) in [5.74, 6) is 0.944. The van der Waals surface area contributed by atoms with Gasteiger partial charge in [-0.1, -0.05) is 48.5 Å². The molecule has 1 amide bonds. The smallest absolute Gasteiger partial charge is 0.259 e. The number of carbonyl (C=O) groups is 1. The van der Waals surface area contributed by atoms with Crippen LogP contribution >= 0.6 is 0 Å². The van der Waals surface area contributed by atoms with E-state index in [1.807, 2.05) is 60.7 Å². The van der Waals surface area contributed by atoms with E-state index in [9.17, 15) is 4.79 Å². The van der Waals surface area contributed by atoms with Crippen molar-refractivity contribution in [1.29, 1.82) is 0 Å². The van der Waals surface area contributed by atoms with E-state index >= 15 is 0 Å². The molecule has 0 bridgehead atoms. The Kier molecular flexibility index (Phi) is 5.11. The summed E-state index contributed by atoms with van der Waals surface area (Å²) in [5.41, 5.74) is 1.98. The van der Waals surface area contributed by atoms with Crippen molar-refractivity contribution in [3.8, 4) is 17.2 Å². The maximum Gasteiger partial charge on any atom is 0.259 e. The van der Waals surface area contributed by atoms with E-state index in [-0.39, 0.29) is 12.5 Å². The normalized spacial score (nSPS) is 10.4. The summed E-state index contributed by atoms with van der Waals surface area (Å²) in [7, 11) is 0. The number of rotatable bonds is 6. The Hall–Kier alpha value is -3.93. The van der Waals surface area contributed by atoms with Crippen LogP contribution in [0.5, 0.6) is 5.75 Å². The minimum absolute atomic E-state index is 0.0649. The van der Waals surface area contributed by atoms with Gasteiger partial charge in [0.1, 0.15) is 5.75 Å². The number of nitrogens with one attached hydrogen (secondary N) is 1. The lowest BCUT2D eigenvalue weighted by Gasteiger charge is -2.10. The van der Waals surface area contributed by atoms with Gasteiger partial charge < -0.3 is 14.5 Å². The Morgan fingerprint density at radius 3 is 2.32 bits per heavy atom. The molecule has 0 unspecified atom stereocenters. The van der Waals surface area contributed by atoms with Crippen LogP contribution in [0.25, 0.3) is 11.5 Å². The predicted octanol–water partition coefficient (Wildman–Crippen LogP) is 4.57. The maximum absolute atomic E-state index is 12.6. The SMILES string of the molecule is O=C(Nc1ccccc1)c1ccccc1OCc1nnc(-c2ccccc2)o1. The minimum Gasteiger partial charge on any atom is -0.483 e. The molecule has 1 aromatic heterocycles. The van der Waals surface area contributed by atoms with E-state index in [1.54, 1.807) is 24.3 Å². The monoisotopic (exact) mass is 371 g/mol. The summed E-state index contributed by atoms with van der Waals surface area (Å²) in [4.78, 5) is 12.6. The second-order valence-electron chi connectivity index (χ2n) is 5.97. The van der Waals surface area contributed by atoms with E-state index < -0.39 is 0 Å². The van der Waals surface area contributed by atoms with Crippen molar-refractivity contribution in [2.75, 3.05) is 5.32 Å². The van der Waals surface area contributed by atoms with Crippen LogP contribution in [0, 0.1) is 0 Å². The summed E-state index contributed by atoms with van der Waals surface area (Å²) >= 11 is 0. The molecule has 0 radical (unpaired) electrons.